The first-order chi connectivity index (χ1) is 8.54. The van der Waals surface area contributed by atoms with Crippen molar-refractivity contribution >= 4 is 0 Å². The molecule has 4 heteroatoms. The van der Waals surface area contributed by atoms with E-state index < -0.39 is 0 Å². The van der Waals surface area contributed by atoms with Gasteiger partial charge in [-0.3, -0.25) is 0 Å². The molecule has 108 valence electrons. The average Bonchev–Trinajstić information content (AvgIpc) is 2.46. The SMILES string of the molecule is CCNC(COC(C)C)C1CN(C)CCCN1C. The molecule has 1 saturated heterocycles. The Bertz CT molecular complexity index is 223. The van der Waals surface area contributed by atoms with Crippen LogP contribution in [0.3, 0.4) is 0 Å². The Morgan fingerprint density at radius 1 is 1.28 bits per heavy atom. The van der Waals surface area contributed by atoms with Crippen LogP contribution in [0.2, 0.25) is 0 Å². The summed E-state index contributed by atoms with van der Waals surface area (Å²) in [7, 11) is 4.46. The van der Waals surface area contributed by atoms with Crippen LogP contribution in [0.5, 0.6) is 0 Å². The van der Waals surface area contributed by atoms with E-state index in [1.54, 1.807) is 0 Å². The summed E-state index contributed by atoms with van der Waals surface area (Å²) in [4.78, 5) is 4.92. The van der Waals surface area contributed by atoms with Gasteiger partial charge in [-0.2, -0.15) is 0 Å². The summed E-state index contributed by atoms with van der Waals surface area (Å²) < 4.78 is 5.83. The van der Waals surface area contributed by atoms with Crippen molar-refractivity contribution < 1.29 is 4.74 Å². The van der Waals surface area contributed by atoms with Gasteiger partial charge >= 0.3 is 0 Å². The van der Waals surface area contributed by atoms with Crippen LogP contribution in [-0.4, -0.2) is 74.9 Å². The summed E-state index contributed by atoms with van der Waals surface area (Å²) in [6, 6.07) is 0.958. The van der Waals surface area contributed by atoms with Crippen LogP contribution in [0.15, 0.2) is 0 Å². The van der Waals surface area contributed by atoms with E-state index in [2.05, 4.69) is 50.0 Å². The predicted molar refractivity (Wildman–Crippen MR) is 77.1 cm³/mol. The first kappa shape index (κ1) is 15.9. The second kappa shape index (κ2) is 8.10. The van der Waals surface area contributed by atoms with Gasteiger partial charge in [0, 0.05) is 18.6 Å². The largest absolute Gasteiger partial charge is 0.377 e. The first-order valence-corrected chi connectivity index (χ1v) is 7.28. The third kappa shape index (κ3) is 5.22. The highest BCUT2D eigenvalue weighted by Crippen LogP contribution is 2.11. The van der Waals surface area contributed by atoms with Gasteiger partial charge in [0.15, 0.2) is 0 Å². The molecular formula is C14H31N3O. The van der Waals surface area contributed by atoms with Crippen molar-refractivity contribution in [3.05, 3.63) is 0 Å². The molecule has 0 aromatic heterocycles. The lowest BCUT2D eigenvalue weighted by molar-refractivity contribution is 0.0363. The highest BCUT2D eigenvalue weighted by molar-refractivity contribution is 4.87. The van der Waals surface area contributed by atoms with E-state index in [0.29, 0.717) is 18.2 Å². The van der Waals surface area contributed by atoms with Crippen LogP contribution in [0.4, 0.5) is 0 Å². The van der Waals surface area contributed by atoms with Crippen molar-refractivity contribution in [2.45, 2.75) is 45.4 Å². The molecule has 0 bridgehead atoms. The van der Waals surface area contributed by atoms with E-state index in [4.69, 9.17) is 4.74 Å². The zero-order valence-electron chi connectivity index (χ0n) is 12.8. The number of nitrogens with zero attached hydrogens (tertiary/aromatic N) is 2. The first-order valence-electron chi connectivity index (χ1n) is 7.28. The van der Waals surface area contributed by atoms with E-state index >= 15 is 0 Å². The number of ether oxygens (including phenoxy) is 1. The van der Waals surface area contributed by atoms with Crippen molar-refractivity contribution in [3.63, 3.8) is 0 Å². The number of hydrogen-bond donors (Lipinski definition) is 1. The molecule has 1 heterocycles. The second-order valence-corrected chi connectivity index (χ2v) is 5.71. The van der Waals surface area contributed by atoms with Crippen molar-refractivity contribution in [3.8, 4) is 0 Å². The highest BCUT2D eigenvalue weighted by Gasteiger charge is 2.28. The Morgan fingerprint density at radius 3 is 2.61 bits per heavy atom. The molecule has 0 saturated carbocycles. The topological polar surface area (TPSA) is 27.7 Å². The molecule has 0 aromatic rings. The molecule has 0 spiro atoms. The Kier molecular flexibility index (Phi) is 7.15. The second-order valence-electron chi connectivity index (χ2n) is 5.71. The van der Waals surface area contributed by atoms with Crippen molar-refractivity contribution in [2.24, 2.45) is 0 Å². The monoisotopic (exact) mass is 257 g/mol. The van der Waals surface area contributed by atoms with Gasteiger partial charge in [0.05, 0.1) is 12.7 Å². The lowest BCUT2D eigenvalue weighted by Crippen LogP contribution is -2.54. The van der Waals surface area contributed by atoms with Crippen LogP contribution >= 0.6 is 0 Å². The smallest absolute Gasteiger partial charge is 0.0638 e. The number of nitrogens with one attached hydrogen (secondary N) is 1. The van der Waals surface area contributed by atoms with Crippen LogP contribution in [0.1, 0.15) is 27.2 Å². The minimum Gasteiger partial charge on any atom is -0.377 e. The fourth-order valence-electron chi connectivity index (χ4n) is 2.60. The molecule has 1 aliphatic heterocycles. The van der Waals surface area contributed by atoms with E-state index in [1.807, 2.05) is 0 Å². The van der Waals surface area contributed by atoms with Gasteiger partial charge in [-0.1, -0.05) is 6.92 Å². The Balaban J connectivity index is 2.61. The third-order valence-electron chi connectivity index (χ3n) is 3.66. The molecule has 2 atom stereocenters. The summed E-state index contributed by atoms with van der Waals surface area (Å²) in [6.07, 6.45) is 1.56. The normalized spacial score (nSPS) is 25.3. The van der Waals surface area contributed by atoms with Crippen molar-refractivity contribution in [2.75, 3.05) is 46.9 Å². The molecule has 1 N–H and O–H groups in total. The van der Waals surface area contributed by atoms with Crippen LogP contribution in [0, 0.1) is 0 Å². The van der Waals surface area contributed by atoms with Crippen LogP contribution in [0.25, 0.3) is 0 Å². The van der Waals surface area contributed by atoms with E-state index in [0.717, 1.165) is 19.7 Å². The van der Waals surface area contributed by atoms with Gasteiger partial charge in [-0.25, -0.2) is 0 Å². The molecule has 1 fully saturated rings. The summed E-state index contributed by atoms with van der Waals surface area (Å²) in [6.45, 7) is 11.7. The molecule has 0 amide bonds. The summed E-state index contributed by atoms with van der Waals surface area (Å²) in [5.41, 5.74) is 0. The Hall–Kier alpha value is -0.160. The van der Waals surface area contributed by atoms with Gasteiger partial charge in [-0.05, 0) is 54.0 Å². The lowest BCUT2D eigenvalue weighted by atomic mass is 10.1. The molecule has 0 radical (unpaired) electrons. The van der Waals surface area contributed by atoms with E-state index in [-0.39, 0.29) is 0 Å². The maximum absolute atomic E-state index is 5.83. The van der Waals surface area contributed by atoms with Gasteiger partial charge < -0.3 is 19.9 Å². The predicted octanol–water partition coefficient (Wildman–Crippen LogP) is 1.03. The Labute approximate surface area is 113 Å². The van der Waals surface area contributed by atoms with Gasteiger partial charge in [0.2, 0.25) is 0 Å². The maximum Gasteiger partial charge on any atom is 0.0638 e. The van der Waals surface area contributed by atoms with Crippen LogP contribution < -0.4 is 5.32 Å². The molecule has 1 aliphatic rings. The lowest BCUT2D eigenvalue weighted by Gasteiger charge is -2.35. The third-order valence-corrected chi connectivity index (χ3v) is 3.66. The molecule has 0 aliphatic carbocycles. The average molecular weight is 257 g/mol. The Morgan fingerprint density at radius 2 is 2.00 bits per heavy atom. The number of hydrogen-bond acceptors (Lipinski definition) is 4. The van der Waals surface area contributed by atoms with Gasteiger partial charge in [0.25, 0.3) is 0 Å². The fourth-order valence-corrected chi connectivity index (χ4v) is 2.60. The van der Waals surface area contributed by atoms with Crippen molar-refractivity contribution in [1.29, 1.82) is 0 Å². The standard InChI is InChI=1S/C14H31N3O/c1-6-15-13(11-18-12(2)3)14-10-16(4)8-7-9-17(14)5/h12-15H,6-11H2,1-5H3. The van der Waals surface area contributed by atoms with E-state index in [9.17, 15) is 0 Å². The highest BCUT2D eigenvalue weighted by atomic mass is 16.5. The zero-order chi connectivity index (χ0) is 13.5. The summed E-state index contributed by atoms with van der Waals surface area (Å²) in [5, 5.41) is 3.59. The molecule has 1 rings (SSSR count). The molecule has 18 heavy (non-hydrogen) atoms. The van der Waals surface area contributed by atoms with E-state index in [1.165, 1.54) is 19.5 Å². The molecule has 2 unspecified atom stereocenters. The number of rotatable bonds is 6. The van der Waals surface area contributed by atoms with Gasteiger partial charge in [0.1, 0.15) is 0 Å². The fraction of sp³-hybridized carbons (Fsp3) is 1.00. The van der Waals surface area contributed by atoms with Gasteiger partial charge in [-0.15, -0.1) is 0 Å². The molecule has 4 nitrogen and oxygen atoms in total. The molecular weight excluding hydrogens is 226 g/mol. The van der Waals surface area contributed by atoms with Crippen LogP contribution in [-0.2, 0) is 4.74 Å². The summed E-state index contributed by atoms with van der Waals surface area (Å²) in [5.74, 6) is 0. The summed E-state index contributed by atoms with van der Waals surface area (Å²) >= 11 is 0. The quantitative estimate of drug-likeness (QED) is 0.769. The zero-order valence-corrected chi connectivity index (χ0v) is 12.8. The minimum atomic E-state index is 0.306. The minimum absolute atomic E-state index is 0.306. The number of likely N-dealkylation sites (N-methyl/N-ethyl adjacent to an activating group) is 3. The maximum atomic E-state index is 5.83. The van der Waals surface area contributed by atoms with Crippen molar-refractivity contribution in [1.82, 2.24) is 15.1 Å². The molecule has 0 aromatic carbocycles.